The maximum atomic E-state index is 14.2. The van der Waals surface area contributed by atoms with Crippen molar-refractivity contribution < 1.29 is 32.9 Å². The summed E-state index contributed by atoms with van der Waals surface area (Å²) in [5, 5.41) is 23.5. The van der Waals surface area contributed by atoms with E-state index in [1.54, 1.807) is 12.1 Å². The van der Waals surface area contributed by atoms with Gasteiger partial charge in [0.15, 0.2) is 0 Å². The van der Waals surface area contributed by atoms with E-state index in [4.69, 9.17) is 4.74 Å². The second kappa shape index (κ2) is 11.5. The number of hydrogen-bond acceptors (Lipinski definition) is 5. The minimum atomic E-state index is -4.68. The van der Waals surface area contributed by atoms with Crippen LogP contribution in [0.5, 0.6) is 11.5 Å². The zero-order valence-corrected chi connectivity index (χ0v) is 24.0. The summed E-state index contributed by atoms with van der Waals surface area (Å²) in [6, 6.07) is 9.11. The Morgan fingerprint density at radius 3 is 2.63 bits per heavy atom. The molecule has 5 rings (SSSR count). The van der Waals surface area contributed by atoms with Crippen LogP contribution in [0.4, 0.5) is 18.9 Å². The SMILES string of the molecule is CN(C)CCCCC(=O)Nc1ccc(O[C@H]2C[C@]3(C)[C@@H](O)CC[C@H]3[C@@H]3CCc4cc(O)ccc4[C@H]32)cc1C(F)(F)F. The number of aryl methyl sites for hydroxylation is 1. The molecule has 2 aromatic carbocycles. The van der Waals surface area contributed by atoms with Gasteiger partial charge in [0, 0.05) is 17.8 Å². The largest absolute Gasteiger partial charge is 0.508 e. The molecule has 3 aliphatic rings. The van der Waals surface area contributed by atoms with Crippen LogP contribution in [0.25, 0.3) is 0 Å². The number of phenols is 1. The van der Waals surface area contributed by atoms with E-state index in [0.717, 1.165) is 49.4 Å². The fraction of sp³-hybridized carbons (Fsp3) is 0.594. The molecule has 0 aromatic heterocycles. The van der Waals surface area contributed by atoms with Crippen molar-refractivity contribution in [3.8, 4) is 11.5 Å². The lowest BCUT2D eigenvalue weighted by Gasteiger charge is -2.53. The number of ether oxygens (including phenoxy) is 1. The predicted molar refractivity (Wildman–Crippen MR) is 151 cm³/mol. The fourth-order valence-electron chi connectivity index (χ4n) is 7.74. The average molecular weight is 575 g/mol. The monoisotopic (exact) mass is 574 g/mol. The predicted octanol–water partition coefficient (Wildman–Crippen LogP) is 6.36. The molecule has 0 radical (unpaired) electrons. The Labute approximate surface area is 239 Å². The van der Waals surface area contributed by atoms with Gasteiger partial charge in [-0.05, 0) is 119 Å². The number of aliphatic hydroxyl groups is 1. The Balaban J connectivity index is 1.41. The molecule has 0 spiro atoms. The number of nitrogens with one attached hydrogen (secondary N) is 1. The first-order valence-corrected chi connectivity index (χ1v) is 14.7. The minimum Gasteiger partial charge on any atom is -0.508 e. The first-order chi connectivity index (χ1) is 19.4. The molecule has 0 aliphatic heterocycles. The summed E-state index contributed by atoms with van der Waals surface area (Å²) in [4.78, 5) is 14.4. The number of hydrogen-bond donors (Lipinski definition) is 3. The molecule has 3 aliphatic carbocycles. The number of phenolic OH excluding ortho intramolecular Hbond substituents is 1. The topological polar surface area (TPSA) is 82.0 Å². The van der Waals surface area contributed by atoms with Gasteiger partial charge in [0.2, 0.25) is 5.91 Å². The molecule has 9 heteroatoms. The zero-order valence-electron chi connectivity index (χ0n) is 24.0. The van der Waals surface area contributed by atoms with Crippen LogP contribution >= 0.6 is 0 Å². The van der Waals surface area contributed by atoms with E-state index in [2.05, 4.69) is 12.2 Å². The lowest BCUT2D eigenvalue weighted by molar-refractivity contribution is -0.137. The lowest BCUT2D eigenvalue weighted by atomic mass is 9.54. The number of aromatic hydroxyl groups is 1. The van der Waals surface area contributed by atoms with Crippen molar-refractivity contribution in [2.45, 2.75) is 82.6 Å². The van der Waals surface area contributed by atoms with Gasteiger partial charge in [0.05, 0.1) is 17.4 Å². The average Bonchev–Trinajstić information content (AvgIpc) is 3.20. The maximum Gasteiger partial charge on any atom is 0.418 e. The van der Waals surface area contributed by atoms with E-state index in [0.29, 0.717) is 25.2 Å². The second-order valence-electron chi connectivity index (χ2n) is 12.7. The van der Waals surface area contributed by atoms with Gasteiger partial charge in [-0.15, -0.1) is 0 Å². The number of anilines is 1. The number of carbonyl (C=O) groups is 1. The summed E-state index contributed by atoms with van der Waals surface area (Å²) < 4.78 is 49.0. The smallest absolute Gasteiger partial charge is 0.418 e. The highest BCUT2D eigenvalue weighted by Gasteiger charge is 2.58. The zero-order chi connectivity index (χ0) is 29.5. The molecule has 6 atom stereocenters. The van der Waals surface area contributed by atoms with E-state index in [1.165, 1.54) is 12.1 Å². The van der Waals surface area contributed by atoms with Crippen LogP contribution < -0.4 is 10.1 Å². The molecular weight excluding hydrogens is 533 g/mol. The number of benzene rings is 2. The Bertz CT molecular complexity index is 1270. The van der Waals surface area contributed by atoms with E-state index in [1.807, 2.05) is 25.1 Å². The summed E-state index contributed by atoms with van der Waals surface area (Å²) in [7, 11) is 3.86. The molecule has 6 nitrogen and oxygen atoms in total. The maximum absolute atomic E-state index is 14.2. The van der Waals surface area contributed by atoms with Crippen LogP contribution in [0, 0.1) is 17.3 Å². The van der Waals surface area contributed by atoms with Crippen LogP contribution in [0.2, 0.25) is 0 Å². The van der Waals surface area contributed by atoms with Gasteiger partial charge in [-0.3, -0.25) is 4.79 Å². The van der Waals surface area contributed by atoms with E-state index < -0.39 is 29.9 Å². The van der Waals surface area contributed by atoms with E-state index >= 15 is 0 Å². The van der Waals surface area contributed by atoms with Crippen molar-refractivity contribution in [1.82, 2.24) is 4.90 Å². The Morgan fingerprint density at radius 2 is 1.90 bits per heavy atom. The number of rotatable bonds is 8. The van der Waals surface area contributed by atoms with Crippen molar-refractivity contribution in [3.63, 3.8) is 0 Å². The number of carbonyl (C=O) groups excluding carboxylic acids is 1. The number of amides is 1. The molecule has 0 bridgehead atoms. The molecule has 2 saturated carbocycles. The summed E-state index contributed by atoms with van der Waals surface area (Å²) in [6.45, 7) is 2.89. The molecule has 3 N–H and O–H groups in total. The van der Waals surface area contributed by atoms with E-state index in [9.17, 15) is 28.2 Å². The second-order valence-corrected chi connectivity index (χ2v) is 12.7. The van der Waals surface area contributed by atoms with Crippen LogP contribution in [0.3, 0.4) is 0 Å². The first-order valence-electron chi connectivity index (χ1n) is 14.7. The number of unbranched alkanes of at least 4 members (excludes halogenated alkanes) is 1. The molecule has 0 saturated heterocycles. The number of alkyl halides is 3. The van der Waals surface area contributed by atoms with Gasteiger partial charge in [-0.2, -0.15) is 13.2 Å². The van der Waals surface area contributed by atoms with E-state index in [-0.39, 0.29) is 40.9 Å². The first kappa shape index (κ1) is 29.7. The third-order valence-corrected chi connectivity index (χ3v) is 9.73. The Kier molecular flexibility index (Phi) is 8.32. The molecule has 224 valence electrons. The lowest BCUT2D eigenvalue weighted by Crippen LogP contribution is -2.51. The van der Waals surface area contributed by atoms with Crippen LogP contribution in [-0.4, -0.2) is 53.9 Å². The molecule has 41 heavy (non-hydrogen) atoms. The van der Waals surface area contributed by atoms with Gasteiger partial charge >= 0.3 is 6.18 Å². The molecule has 0 unspecified atom stereocenters. The third kappa shape index (κ3) is 6.07. The van der Waals surface area contributed by atoms with Gasteiger partial charge in [0.1, 0.15) is 17.6 Å². The van der Waals surface area contributed by atoms with Crippen molar-refractivity contribution in [1.29, 1.82) is 0 Å². The standard InChI is InChI=1S/C32H41F3N2O4/c1-31-18-27(30-22-11-8-20(38)16-19(22)7-10-23(30)24(31)12-14-28(31)39)41-21-9-13-26(25(17-21)32(33,34)35)36-29(40)6-4-5-15-37(2)3/h8-9,11,13,16-17,23-24,27-28,30,38-39H,4-7,10,12,14-15,18H2,1-3H3,(H,36,40)/t23-,24-,27-,28-,30+,31-/m0/s1. The van der Waals surface area contributed by atoms with Crippen LogP contribution in [-0.2, 0) is 17.4 Å². The van der Waals surface area contributed by atoms with Crippen molar-refractivity contribution in [3.05, 3.63) is 53.1 Å². The third-order valence-electron chi connectivity index (χ3n) is 9.73. The van der Waals surface area contributed by atoms with Gasteiger partial charge < -0.3 is 25.2 Å². The normalized spacial score (nSPS) is 29.0. The van der Waals surface area contributed by atoms with Crippen LogP contribution in [0.15, 0.2) is 36.4 Å². The molecule has 0 heterocycles. The van der Waals surface area contributed by atoms with Gasteiger partial charge in [0.25, 0.3) is 0 Å². The van der Waals surface area contributed by atoms with Crippen molar-refractivity contribution in [2.24, 2.45) is 17.3 Å². The van der Waals surface area contributed by atoms with Gasteiger partial charge in [-0.25, -0.2) is 0 Å². The summed E-state index contributed by atoms with van der Waals surface area (Å²) >= 11 is 0. The van der Waals surface area contributed by atoms with Crippen LogP contribution in [0.1, 0.15) is 74.5 Å². The Hall–Kier alpha value is -2.78. The number of halogens is 3. The molecule has 1 amide bonds. The number of aliphatic hydroxyl groups excluding tert-OH is 1. The quantitative estimate of drug-likeness (QED) is 0.320. The highest BCUT2D eigenvalue weighted by atomic mass is 19.4. The molecule has 2 fully saturated rings. The highest BCUT2D eigenvalue weighted by molar-refractivity contribution is 5.91. The summed E-state index contributed by atoms with van der Waals surface area (Å²) in [5.41, 5.74) is 0.514. The number of fused-ring (bicyclic) bond motifs is 5. The summed E-state index contributed by atoms with van der Waals surface area (Å²) in [5.74, 6) is 0.298. The van der Waals surface area contributed by atoms with Gasteiger partial charge in [-0.1, -0.05) is 13.0 Å². The van der Waals surface area contributed by atoms with Crippen molar-refractivity contribution in [2.75, 3.05) is 26.0 Å². The summed E-state index contributed by atoms with van der Waals surface area (Å²) in [6.07, 6.45) is -0.279. The van der Waals surface area contributed by atoms with Crippen molar-refractivity contribution >= 4 is 11.6 Å². The molecular formula is C32H41F3N2O4. The molecule has 2 aromatic rings. The fourth-order valence-corrected chi connectivity index (χ4v) is 7.74. The highest BCUT2D eigenvalue weighted by Crippen LogP contribution is 2.61. The Morgan fingerprint density at radius 1 is 1.12 bits per heavy atom. The number of nitrogens with zero attached hydrogens (tertiary/aromatic N) is 1. The minimum absolute atomic E-state index is 0.0568.